The number of hydrogen-bond acceptors (Lipinski definition) is 3. The lowest BCUT2D eigenvalue weighted by molar-refractivity contribution is -0.168. The van der Waals surface area contributed by atoms with E-state index >= 15 is 0 Å². The smallest absolute Gasteiger partial charge is 0.374 e. The number of hydrogen-bond donors (Lipinski definition) is 0. The van der Waals surface area contributed by atoms with Gasteiger partial charge in [0.2, 0.25) is 5.76 Å². The highest BCUT2D eigenvalue weighted by Crippen LogP contribution is 2.27. The van der Waals surface area contributed by atoms with Crippen LogP contribution in [0.1, 0.15) is 26.3 Å². The monoisotopic (exact) mass is 246 g/mol. The van der Waals surface area contributed by atoms with Crippen molar-refractivity contribution in [1.29, 1.82) is 0 Å². The van der Waals surface area contributed by atoms with Crippen LogP contribution in [0, 0.1) is 5.41 Å². The molecule has 0 spiro atoms. The first kappa shape index (κ1) is 12.7. The second-order valence-electron chi connectivity index (χ2n) is 5.49. The fourth-order valence-corrected chi connectivity index (χ4v) is 1.67. The summed E-state index contributed by atoms with van der Waals surface area (Å²) >= 11 is 0. The van der Waals surface area contributed by atoms with Crippen LogP contribution in [0.5, 0.6) is 0 Å². The maximum atomic E-state index is 11.8. The van der Waals surface area contributed by atoms with Crippen molar-refractivity contribution in [3.05, 3.63) is 41.7 Å². The molecular formula is C15H18O3. The zero-order valence-electron chi connectivity index (χ0n) is 11.0. The highest BCUT2D eigenvalue weighted by molar-refractivity contribution is 5.92. The normalized spacial score (nSPS) is 22.5. The zero-order chi connectivity index (χ0) is 13.2. The molecule has 1 heterocycles. The Morgan fingerprint density at radius 3 is 2.44 bits per heavy atom. The number of carbonyl (C=O) groups excluding carboxylic acids is 1. The van der Waals surface area contributed by atoms with Crippen LogP contribution in [0.15, 0.2) is 36.1 Å². The van der Waals surface area contributed by atoms with E-state index in [1.165, 1.54) is 0 Å². The highest BCUT2D eigenvalue weighted by Gasteiger charge is 2.34. The second kappa shape index (κ2) is 4.84. The molecule has 3 heteroatoms. The summed E-state index contributed by atoms with van der Waals surface area (Å²) in [6.07, 6.45) is 1.51. The Hall–Kier alpha value is -1.77. The molecule has 96 valence electrons. The minimum absolute atomic E-state index is 0.103. The van der Waals surface area contributed by atoms with Crippen molar-refractivity contribution in [3.8, 4) is 0 Å². The number of esters is 1. The van der Waals surface area contributed by atoms with Gasteiger partial charge in [-0.25, -0.2) is 4.79 Å². The first-order valence-electron chi connectivity index (χ1n) is 6.07. The number of carbonyl (C=O) groups is 1. The van der Waals surface area contributed by atoms with Gasteiger partial charge in [0, 0.05) is 5.41 Å². The molecule has 0 N–H and O–H groups in total. The minimum atomic E-state index is -0.384. The average Bonchev–Trinajstić information content (AvgIpc) is 2.32. The van der Waals surface area contributed by atoms with Gasteiger partial charge in [0.05, 0.1) is 0 Å². The van der Waals surface area contributed by atoms with E-state index in [0.29, 0.717) is 6.61 Å². The van der Waals surface area contributed by atoms with Gasteiger partial charge in [-0.1, -0.05) is 51.1 Å². The second-order valence-corrected chi connectivity index (χ2v) is 5.49. The minimum Gasteiger partial charge on any atom is -0.483 e. The molecule has 3 nitrogen and oxygen atoms in total. The SMILES string of the molecule is CC(C)(C)C1CO/C(=C\c2ccccc2)C(=O)O1. The molecular weight excluding hydrogens is 228 g/mol. The van der Waals surface area contributed by atoms with Crippen molar-refractivity contribution in [2.45, 2.75) is 26.9 Å². The molecule has 0 aliphatic carbocycles. The van der Waals surface area contributed by atoms with Gasteiger partial charge in [0.1, 0.15) is 12.7 Å². The van der Waals surface area contributed by atoms with Gasteiger partial charge in [-0.05, 0) is 11.6 Å². The molecule has 0 radical (unpaired) electrons. The summed E-state index contributed by atoms with van der Waals surface area (Å²) in [5, 5.41) is 0. The van der Waals surface area contributed by atoms with E-state index in [9.17, 15) is 4.79 Å². The summed E-state index contributed by atoms with van der Waals surface area (Å²) in [5.74, 6) is -0.105. The van der Waals surface area contributed by atoms with Gasteiger partial charge in [-0.15, -0.1) is 0 Å². The van der Waals surface area contributed by atoms with Crippen LogP contribution in [-0.2, 0) is 14.3 Å². The number of rotatable bonds is 1. The van der Waals surface area contributed by atoms with Crippen molar-refractivity contribution in [2.75, 3.05) is 6.61 Å². The van der Waals surface area contributed by atoms with Gasteiger partial charge in [-0.2, -0.15) is 0 Å². The average molecular weight is 246 g/mol. The maximum absolute atomic E-state index is 11.8. The molecule has 1 atom stereocenters. The van der Waals surface area contributed by atoms with Crippen molar-refractivity contribution in [2.24, 2.45) is 5.41 Å². The third kappa shape index (κ3) is 2.92. The lowest BCUT2D eigenvalue weighted by Crippen LogP contribution is -2.40. The van der Waals surface area contributed by atoms with Crippen molar-refractivity contribution < 1.29 is 14.3 Å². The van der Waals surface area contributed by atoms with Crippen LogP contribution in [-0.4, -0.2) is 18.7 Å². The summed E-state index contributed by atoms with van der Waals surface area (Å²) in [5.41, 5.74) is 0.826. The van der Waals surface area contributed by atoms with Gasteiger partial charge >= 0.3 is 5.97 Å². The van der Waals surface area contributed by atoms with E-state index in [-0.39, 0.29) is 23.2 Å². The van der Waals surface area contributed by atoms with Gasteiger partial charge < -0.3 is 9.47 Å². The Morgan fingerprint density at radius 2 is 1.89 bits per heavy atom. The Kier molecular flexibility index (Phi) is 3.41. The summed E-state index contributed by atoms with van der Waals surface area (Å²) in [7, 11) is 0. The molecule has 0 aromatic heterocycles. The summed E-state index contributed by atoms with van der Waals surface area (Å²) in [6, 6.07) is 9.59. The number of cyclic esters (lactones) is 1. The Morgan fingerprint density at radius 1 is 1.22 bits per heavy atom. The first-order valence-corrected chi connectivity index (χ1v) is 6.07. The largest absolute Gasteiger partial charge is 0.483 e. The fraction of sp³-hybridized carbons (Fsp3) is 0.400. The van der Waals surface area contributed by atoms with Crippen LogP contribution < -0.4 is 0 Å². The van der Waals surface area contributed by atoms with Crippen molar-refractivity contribution in [1.82, 2.24) is 0 Å². The molecule has 1 aliphatic rings. The zero-order valence-corrected chi connectivity index (χ0v) is 11.0. The molecule has 0 bridgehead atoms. The molecule has 0 amide bonds. The molecule has 2 rings (SSSR count). The first-order chi connectivity index (χ1) is 8.47. The van der Waals surface area contributed by atoms with Gasteiger partial charge in [0.15, 0.2) is 0 Å². The molecule has 1 fully saturated rings. The molecule has 18 heavy (non-hydrogen) atoms. The summed E-state index contributed by atoms with van der Waals surface area (Å²) in [4.78, 5) is 11.8. The van der Waals surface area contributed by atoms with E-state index in [1.807, 2.05) is 51.1 Å². The van der Waals surface area contributed by atoms with Crippen LogP contribution >= 0.6 is 0 Å². The van der Waals surface area contributed by atoms with Gasteiger partial charge in [-0.3, -0.25) is 0 Å². The Balaban J connectivity index is 2.11. The highest BCUT2D eigenvalue weighted by atomic mass is 16.6. The fourth-order valence-electron chi connectivity index (χ4n) is 1.67. The van der Waals surface area contributed by atoms with Crippen LogP contribution in [0.25, 0.3) is 6.08 Å². The predicted octanol–water partition coefficient (Wildman–Crippen LogP) is 3.02. The standard InChI is InChI=1S/C15H18O3/c1-15(2,3)13-10-17-12(14(16)18-13)9-11-7-5-4-6-8-11/h4-9,13H,10H2,1-3H3/b12-9-. The maximum Gasteiger partial charge on any atom is 0.374 e. The molecule has 1 aromatic rings. The van der Waals surface area contributed by atoms with Crippen LogP contribution in [0.3, 0.4) is 0 Å². The summed E-state index contributed by atoms with van der Waals surface area (Å²) in [6.45, 7) is 6.49. The molecule has 1 aromatic carbocycles. The lowest BCUT2D eigenvalue weighted by atomic mass is 9.89. The summed E-state index contributed by atoms with van der Waals surface area (Å²) < 4.78 is 10.9. The molecule has 1 unspecified atom stereocenters. The molecule has 0 saturated carbocycles. The molecule has 1 aliphatic heterocycles. The van der Waals surface area contributed by atoms with E-state index in [4.69, 9.17) is 9.47 Å². The van der Waals surface area contributed by atoms with Gasteiger partial charge in [0.25, 0.3) is 0 Å². The third-order valence-electron chi connectivity index (χ3n) is 2.90. The van der Waals surface area contributed by atoms with Crippen molar-refractivity contribution >= 4 is 12.0 Å². The quantitative estimate of drug-likeness (QED) is 0.564. The Bertz CT molecular complexity index is 454. The van der Waals surface area contributed by atoms with E-state index in [2.05, 4.69) is 0 Å². The van der Waals surface area contributed by atoms with Crippen molar-refractivity contribution in [3.63, 3.8) is 0 Å². The number of benzene rings is 1. The van der Waals surface area contributed by atoms with E-state index in [1.54, 1.807) is 6.08 Å². The topological polar surface area (TPSA) is 35.5 Å². The number of ether oxygens (including phenoxy) is 2. The molecule has 1 saturated heterocycles. The van der Waals surface area contributed by atoms with Crippen LogP contribution in [0.2, 0.25) is 0 Å². The third-order valence-corrected chi connectivity index (χ3v) is 2.90. The Labute approximate surface area is 107 Å². The van der Waals surface area contributed by atoms with Crippen LogP contribution in [0.4, 0.5) is 0 Å². The predicted molar refractivity (Wildman–Crippen MR) is 69.7 cm³/mol. The lowest BCUT2D eigenvalue weighted by Gasteiger charge is -2.33. The van der Waals surface area contributed by atoms with E-state index < -0.39 is 0 Å². The van der Waals surface area contributed by atoms with E-state index in [0.717, 1.165) is 5.56 Å².